The first-order valence-electron chi connectivity index (χ1n) is 9.26. The molecule has 0 unspecified atom stereocenters. The molecule has 0 aliphatic heterocycles. The Bertz CT molecular complexity index is 684. The first-order chi connectivity index (χ1) is 12.8. The third-order valence-corrected chi connectivity index (χ3v) is 4.07. The number of aryl methyl sites for hydroxylation is 1. The Kier molecular flexibility index (Phi) is 8.92. The molecule has 144 valence electrons. The van der Waals surface area contributed by atoms with Crippen LogP contribution in [0.25, 0.3) is 11.0 Å². The molecule has 0 bridgehead atoms. The Balaban J connectivity index is 1.64. The number of nitrogens with zero attached hydrogens (tertiary/aromatic N) is 3. The van der Waals surface area contributed by atoms with Gasteiger partial charge in [0, 0.05) is 27.2 Å². The number of nitrogens with one attached hydrogen (secondary N) is 2. The van der Waals surface area contributed by atoms with Gasteiger partial charge in [-0.2, -0.15) is 0 Å². The number of hydrogen-bond acceptors (Lipinski definition) is 4. The number of ether oxygens (including phenoxy) is 2. The lowest BCUT2D eigenvalue weighted by atomic mass is 10.3. The minimum Gasteiger partial charge on any atom is -0.379 e. The molecule has 7 heteroatoms. The summed E-state index contributed by atoms with van der Waals surface area (Å²) in [5, 5.41) is 6.53. The molecule has 1 heterocycles. The normalized spacial score (nSPS) is 11.9. The van der Waals surface area contributed by atoms with Gasteiger partial charge < -0.3 is 24.7 Å². The van der Waals surface area contributed by atoms with Gasteiger partial charge in [-0.1, -0.05) is 25.5 Å². The number of fused-ring (bicyclic) bond motifs is 1. The maximum Gasteiger partial charge on any atom is 0.191 e. The lowest BCUT2D eigenvalue weighted by Gasteiger charge is -2.12. The number of benzene rings is 1. The lowest BCUT2D eigenvalue weighted by Crippen LogP contribution is -2.39. The second-order valence-corrected chi connectivity index (χ2v) is 6.01. The van der Waals surface area contributed by atoms with Crippen molar-refractivity contribution in [1.82, 2.24) is 20.2 Å². The minimum atomic E-state index is 0.608. The van der Waals surface area contributed by atoms with Crippen molar-refractivity contribution in [3.8, 4) is 0 Å². The number of rotatable bonds is 11. The molecule has 1 aromatic heterocycles. The van der Waals surface area contributed by atoms with E-state index in [1.54, 1.807) is 7.05 Å². The summed E-state index contributed by atoms with van der Waals surface area (Å²) in [6.45, 7) is 6.16. The average molecular weight is 361 g/mol. The van der Waals surface area contributed by atoms with Crippen molar-refractivity contribution >= 4 is 17.0 Å². The number of imidazole rings is 1. The first kappa shape index (κ1) is 20.2. The molecule has 0 aliphatic rings. The molecule has 0 saturated heterocycles. The third kappa shape index (κ3) is 6.31. The fraction of sp³-hybridized carbons (Fsp3) is 0.579. The second kappa shape index (κ2) is 11.5. The number of hydrogen-bond donors (Lipinski definition) is 2. The number of unbranched alkanes of at least 4 members (excludes halogenated alkanes) is 1. The molecule has 0 aliphatic carbocycles. The zero-order chi connectivity index (χ0) is 18.6. The Morgan fingerprint density at radius 1 is 1.12 bits per heavy atom. The van der Waals surface area contributed by atoms with E-state index in [9.17, 15) is 0 Å². The van der Waals surface area contributed by atoms with Crippen molar-refractivity contribution in [2.45, 2.75) is 26.3 Å². The quantitative estimate of drug-likeness (QED) is 0.364. The van der Waals surface area contributed by atoms with Crippen LogP contribution in [-0.2, 0) is 23.1 Å². The maximum absolute atomic E-state index is 5.54. The summed E-state index contributed by atoms with van der Waals surface area (Å²) in [6.07, 6.45) is 2.26. The van der Waals surface area contributed by atoms with E-state index in [2.05, 4.69) is 38.2 Å². The van der Waals surface area contributed by atoms with E-state index in [0.29, 0.717) is 32.9 Å². The molecule has 0 spiro atoms. The van der Waals surface area contributed by atoms with Crippen molar-refractivity contribution < 1.29 is 9.47 Å². The maximum atomic E-state index is 5.54. The zero-order valence-electron chi connectivity index (χ0n) is 16.1. The Hall–Kier alpha value is -2.12. The molecular formula is C19H31N5O2. The summed E-state index contributed by atoms with van der Waals surface area (Å²) in [6, 6.07) is 8.12. The summed E-state index contributed by atoms with van der Waals surface area (Å²) in [7, 11) is 3.78. The topological polar surface area (TPSA) is 72.7 Å². The van der Waals surface area contributed by atoms with Crippen molar-refractivity contribution in [3.05, 3.63) is 30.1 Å². The molecule has 2 N–H and O–H groups in total. The summed E-state index contributed by atoms with van der Waals surface area (Å²) in [5.41, 5.74) is 2.13. The van der Waals surface area contributed by atoms with Crippen LogP contribution in [0.2, 0.25) is 0 Å². The van der Waals surface area contributed by atoms with Gasteiger partial charge in [0.15, 0.2) is 5.96 Å². The van der Waals surface area contributed by atoms with Crippen LogP contribution in [0.3, 0.4) is 0 Å². The van der Waals surface area contributed by atoms with Crippen molar-refractivity contribution in [2.75, 3.05) is 40.0 Å². The second-order valence-electron chi connectivity index (χ2n) is 6.01. The van der Waals surface area contributed by atoms with E-state index in [4.69, 9.17) is 9.47 Å². The largest absolute Gasteiger partial charge is 0.379 e. The number of aromatic nitrogens is 2. The van der Waals surface area contributed by atoms with Gasteiger partial charge in [0.25, 0.3) is 0 Å². The van der Waals surface area contributed by atoms with Crippen molar-refractivity contribution in [3.63, 3.8) is 0 Å². The van der Waals surface area contributed by atoms with Gasteiger partial charge >= 0.3 is 0 Å². The SMILES string of the molecule is CCCCOCCOCCNC(=NC)NCc1nc2ccccc2n1C. The number of aliphatic imine (C=N–C) groups is 1. The highest BCUT2D eigenvalue weighted by molar-refractivity contribution is 5.80. The van der Waals surface area contributed by atoms with Crippen LogP contribution in [-0.4, -0.2) is 55.5 Å². The van der Waals surface area contributed by atoms with E-state index in [0.717, 1.165) is 42.3 Å². The van der Waals surface area contributed by atoms with Crippen LogP contribution in [0.15, 0.2) is 29.3 Å². The van der Waals surface area contributed by atoms with E-state index >= 15 is 0 Å². The standard InChI is InChI=1S/C19H31N5O2/c1-4-5-11-25-13-14-26-12-10-21-19(20-2)22-15-18-23-16-8-6-7-9-17(16)24(18)3/h6-9H,4-5,10-15H2,1-3H3,(H2,20,21,22). The van der Waals surface area contributed by atoms with Crippen molar-refractivity contribution in [2.24, 2.45) is 12.0 Å². The van der Waals surface area contributed by atoms with E-state index in [1.807, 2.05) is 25.2 Å². The molecule has 2 rings (SSSR count). The smallest absolute Gasteiger partial charge is 0.191 e. The molecular weight excluding hydrogens is 330 g/mol. The van der Waals surface area contributed by atoms with E-state index in [-0.39, 0.29) is 0 Å². The molecule has 7 nitrogen and oxygen atoms in total. The highest BCUT2D eigenvalue weighted by Crippen LogP contribution is 2.13. The van der Waals surface area contributed by atoms with Crippen LogP contribution >= 0.6 is 0 Å². The van der Waals surface area contributed by atoms with Gasteiger partial charge in [-0.25, -0.2) is 4.98 Å². The predicted octanol–water partition coefficient (Wildman–Crippen LogP) is 2.07. The molecule has 0 radical (unpaired) electrons. The highest BCUT2D eigenvalue weighted by atomic mass is 16.5. The number of para-hydroxylation sites is 2. The molecule has 0 fully saturated rings. The van der Waals surface area contributed by atoms with Gasteiger partial charge in [0.2, 0.25) is 0 Å². The zero-order valence-corrected chi connectivity index (χ0v) is 16.1. The van der Waals surface area contributed by atoms with Crippen LogP contribution in [0, 0.1) is 0 Å². The van der Waals surface area contributed by atoms with Crippen LogP contribution in [0.5, 0.6) is 0 Å². The number of guanidine groups is 1. The highest BCUT2D eigenvalue weighted by Gasteiger charge is 2.07. The van der Waals surface area contributed by atoms with E-state index in [1.165, 1.54) is 0 Å². The molecule has 26 heavy (non-hydrogen) atoms. The van der Waals surface area contributed by atoms with Crippen molar-refractivity contribution in [1.29, 1.82) is 0 Å². The van der Waals surface area contributed by atoms with Gasteiger partial charge in [-0.3, -0.25) is 4.99 Å². The molecule has 0 amide bonds. The van der Waals surface area contributed by atoms with Gasteiger partial charge in [0.05, 0.1) is 37.4 Å². The van der Waals surface area contributed by atoms with Gasteiger partial charge in [0.1, 0.15) is 5.82 Å². The summed E-state index contributed by atoms with van der Waals surface area (Å²) >= 11 is 0. The van der Waals surface area contributed by atoms with Gasteiger partial charge in [-0.15, -0.1) is 0 Å². The first-order valence-corrected chi connectivity index (χ1v) is 9.26. The Labute approximate surface area is 155 Å². The molecule has 1 aromatic carbocycles. The lowest BCUT2D eigenvalue weighted by molar-refractivity contribution is 0.0487. The Morgan fingerprint density at radius 2 is 1.88 bits per heavy atom. The summed E-state index contributed by atoms with van der Waals surface area (Å²) < 4.78 is 13.1. The fourth-order valence-electron chi connectivity index (χ4n) is 2.55. The fourth-order valence-corrected chi connectivity index (χ4v) is 2.55. The molecule has 0 saturated carbocycles. The third-order valence-electron chi connectivity index (χ3n) is 4.07. The Morgan fingerprint density at radius 3 is 2.62 bits per heavy atom. The van der Waals surface area contributed by atoms with Crippen LogP contribution < -0.4 is 10.6 Å². The van der Waals surface area contributed by atoms with Crippen LogP contribution in [0.1, 0.15) is 25.6 Å². The minimum absolute atomic E-state index is 0.608. The average Bonchev–Trinajstić information content (AvgIpc) is 2.99. The molecule has 2 aromatic rings. The van der Waals surface area contributed by atoms with Gasteiger partial charge in [-0.05, 0) is 18.6 Å². The summed E-state index contributed by atoms with van der Waals surface area (Å²) in [4.78, 5) is 8.88. The molecule has 0 atom stereocenters. The predicted molar refractivity (Wildman–Crippen MR) is 105 cm³/mol. The monoisotopic (exact) mass is 361 g/mol. The summed E-state index contributed by atoms with van der Waals surface area (Å²) in [5.74, 6) is 1.70. The van der Waals surface area contributed by atoms with Crippen LogP contribution in [0.4, 0.5) is 0 Å². The van der Waals surface area contributed by atoms with E-state index < -0.39 is 0 Å².